The smallest absolute Gasteiger partial charge is 0.303 e. The molecule has 1 heterocycles. The molecule has 0 bridgehead atoms. The summed E-state index contributed by atoms with van der Waals surface area (Å²) in [6.45, 7) is 4.06. The number of aryl methyl sites for hydroxylation is 1. The van der Waals surface area contributed by atoms with E-state index in [2.05, 4.69) is 24.4 Å². The molecule has 5 heteroatoms. The number of aliphatic carboxylic acids is 1. The molecule has 1 unspecified atom stereocenters. The predicted octanol–water partition coefficient (Wildman–Crippen LogP) is 2.75. The second-order valence-corrected chi connectivity index (χ2v) is 6.16. The van der Waals surface area contributed by atoms with E-state index >= 15 is 0 Å². The van der Waals surface area contributed by atoms with Crippen LogP contribution in [-0.4, -0.2) is 23.0 Å². The van der Waals surface area contributed by atoms with Crippen LogP contribution in [0.25, 0.3) is 0 Å². The lowest BCUT2D eigenvalue weighted by Gasteiger charge is -2.12. The topological polar surface area (TPSA) is 66.4 Å². The van der Waals surface area contributed by atoms with Crippen LogP contribution in [0, 0.1) is 6.92 Å². The number of hydrogen-bond donors (Lipinski definition) is 2. The van der Waals surface area contributed by atoms with Gasteiger partial charge in [-0.05, 0) is 38.8 Å². The number of carboxylic acids is 1. The lowest BCUT2D eigenvalue weighted by Crippen LogP contribution is -2.33. The van der Waals surface area contributed by atoms with Crippen LogP contribution in [0.15, 0.2) is 12.1 Å². The molecule has 0 fully saturated rings. The molecule has 19 heavy (non-hydrogen) atoms. The molecule has 1 amide bonds. The minimum atomic E-state index is -0.804. The van der Waals surface area contributed by atoms with E-state index < -0.39 is 5.97 Å². The fourth-order valence-corrected chi connectivity index (χ4v) is 2.88. The molecule has 2 N–H and O–H groups in total. The SMILES string of the molecule is Cc1ccc(CC(C)NC(=O)CCCCC(=O)O)s1. The molecule has 1 rings (SSSR count). The molecule has 0 aliphatic carbocycles. The highest BCUT2D eigenvalue weighted by Crippen LogP contribution is 2.16. The number of carbonyl (C=O) groups excluding carboxylic acids is 1. The Balaban J connectivity index is 2.18. The van der Waals surface area contributed by atoms with Gasteiger partial charge in [-0.1, -0.05) is 0 Å². The van der Waals surface area contributed by atoms with Gasteiger partial charge in [0, 0.05) is 35.1 Å². The zero-order valence-electron chi connectivity index (χ0n) is 11.4. The number of amides is 1. The molecule has 1 aromatic heterocycles. The van der Waals surface area contributed by atoms with E-state index in [1.165, 1.54) is 9.75 Å². The third-order valence-corrected chi connectivity index (χ3v) is 3.78. The van der Waals surface area contributed by atoms with E-state index in [9.17, 15) is 9.59 Å². The Labute approximate surface area is 117 Å². The lowest BCUT2D eigenvalue weighted by atomic mass is 10.1. The largest absolute Gasteiger partial charge is 0.481 e. The molecule has 0 radical (unpaired) electrons. The highest BCUT2D eigenvalue weighted by molar-refractivity contribution is 7.11. The number of carbonyl (C=O) groups is 2. The molecule has 0 saturated heterocycles. The summed E-state index contributed by atoms with van der Waals surface area (Å²) in [4.78, 5) is 24.5. The molecule has 0 aliphatic rings. The summed E-state index contributed by atoms with van der Waals surface area (Å²) in [5.74, 6) is -0.798. The Morgan fingerprint density at radius 2 is 2.00 bits per heavy atom. The predicted molar refractivity (Wildman–Crippen MR) is 76.5 cm³/mol. The van der Waals surface area contributed by atoms with Crippen molar-refractivity contribution in [3.8, 4) is 0 Å². The first kappa shape index (κ1) is 15.7. The summed E-state index contributed by atoms with van der Waals surface area (Å²) in [6, 6.07) is 4.29. The number of nitrogens with one attached hydrogen (secondary N) is 1. The zero-order valence-corrected chi connectivity index (χ0v) is 12.3. The number of thiophene rings is 1. The van der Waals surface area contributed by atoms with Gasteiger partial charge < -0.3 is 10.4 Å². The lowest BCUT2D eigenvalue weighted by molar-refractivity contribution is -0.137. The van der Waals surface area contributed by atoms with Crippen LogP contribution in [0.4, 0.5) is 0 Å². The minimum Gasteiger partial charge on any atom is -0.481 e. The molecule has 0 spiro atoms. The van der Waals surface area contributed by atoms with Crippen LogP contribution in [0.2, 0.25) is 0 Å². The van der Waals surface area contributed by atoms with Crippen molar-refractivity contribution >= 4 is 23.2 Å². The highest BCUT2D eigenvalue weighted by atomic mass is 32.1. The second-order valence-electron chi connectivity index (χ2n) is 4.79. The van der Waals surface area contributed by atoms with Gasteiger partial charge in [-0.15, -0.1) is 11.3 Å². The Kier molecular flexibility index (Phi) is 6.56. The van der Waals surface area contributed by atoms with E-state index in [1.54, 1.807) is 11.3 Å². The Bertz CT molecular complexity index is 428. The summed E-state index contributed by atoms with van der Waals surface area (Å²) in [5, 5.41) is 11.4. The standard InChI is InChI=1S/C14H21NO3S/c1-10(9-12-8-7-11(2)19-12)15-13(16)5-3-4-6-14(17)18/h7-8,10H,3-6,9H2,1-2H3,(H,15,16)(H,17,18). The number of rotatable bonds is 8. The maximum absolute atomic E-state index is 11.6. The van der Waals surface area contributed by atoms with Crippen LogP contribution in [0.3, 0.4) is 0 Å². The molecule has 0 saturated carbocycles. The molecule has 0 aliphatic heterocycles. The van der Waals surface area contributed by atoms with Crippen molar-refractivity contribution in [1.82, 2.24) is 5.32 Å². The summed E-state index contributed by atoms with van der Waals surface area (Å²) in [7, 11) is 0. The first-order valence-corrected chi connectivity index (χ1v) is 7.35. The van der Waals surface area contributed by atoms with Gasteiger partial charge in [0.25, 0.3) is 0 Å². The average molecular weight is 283 g/mol. The van der Waals surface area contributed by atoms with Crippen molar-refractivity contribution < 1.29 is 14.7 Å². The zero-order chi connectivity index (χ0) is 14.3. The first-order chi connectivity index (χ1) is 8.97. The van der Waals surface area contributed by atoms with E-state index in [1.807, 2.05) is 6.92 Å². The van der Waals surface area contributed by atoms with Crippen LogP contribution >= 0.6 is 11.3 Å². The van der Waals surface area contributed by atoms with Crippen LogP contribution in [0.5, 0.6) is 0 Å². The first-order valence-electron chi connectivity index (χ1n) is 6.54. The van der Waals surface area contributed by atoms with Gasteiger partial charge in [0.2, 0.25) is 5.91 Å². The molecular weight excluding hydrogens is 262 g/mol. The summed E-state index contributed by atoms with van der Waals surface area (Å²) >= 11 is 1.75. The second kappa shape index (κ2) is 7.94. The van der Waals surface area contributed by atoms with Crippen molar-refractivity contribution in [2.45, 2.75) is 52.0 Å². The van der Waals surface area contributed by atoms with Gasteiger partial charge in [-0.25, -0.2) is 0 Å². The van der Waals surface area contributed by atoms with Gasteiger partial charge in [-0.3, -0.25) is 9.59 Å². The summed E-state index contributed by atoms with van der Waals surface area (Å²) < 4.78 is 0. The summed E-state index contributed by atoms with van der Waals surface area (Å²) in [5.41, 5.74) is 0. The van der Waals surface area contributed by atoms with E-state index in [4.69, 9.17) is 5.11 Å². The molecule has 106 valence electrons. The van der Waals surface area contributed by atoms with Crippen molar-refractivity contribution in [2.75, 3.05) is 0 Å². The average Bonchev–Trinajstić information content (AvgIpc) is 2.69. The normalized spacial score (nSPS) is 12.1. The summed E-state index contributed by atoms with van der Waals surface area (Å²) in [6.07, 6.45) is 2.57. The van der Waals surface area contributed by atoms with Crippen LogP contribution in [-0.2, 0) is 16.0 Å². The third kappa shape index (κ3) is 6.96. The minimum absolute atomic E-state index is 0.00571. The third-order valence-electron chi connectivity index (χ3n) is 2.76. The van der Waals surface area contributed by atoms with Crippen LogP contribution in [0.1, 0.15) is 42.4 Å². The van der Waals surface area contributed by atoms with E-state index in [-0.39, 0.29) is 18.4 Å². The van der Waals surface area contributed by atoms with E-state index in [0.29, 0.717) is 19.3 Å². The van der Waals surface area contributed by atoms with E-state index in [0.717, 1.165) is 6.42 Å². The van der Waals surface area contributed by atoms with Gasteiger partial charge in [0.15, 0.2) is 0 Å². The molecule has 1 aromatic rings. The van der Waals surface area contributed by atoms with Crippen molar-refractivity contribution in [3.63, 3.8) is 0 Å². The molecule has 1 atom stereocenters. The van der Waals surface area contributed by atoms with Crippen molar-refractivity contribution in [2.24, 2.45) is 0 Å². The number of carboxylic acid groups (broad SMARTS) is 1. The maximum Gasteiger partial charge on any atom is 0.303 e. The van der Waals surface area contributed by atoms with Crippen molar-refractivity contribution in [1.29, 1.82) is 0 Å². The number of hydrogen-bond acceptors (Lipinski definition) is 3. The van der Waals surface area contributed by atoms with Gasteiger partial charge in [-0.2, -0.15) is 0 Å². The van der Waals surface area contributed by atoms with Gasteiger partial charge >= 0.3 is 5.97 Å². The Hall–Kier alpha value is -1.36. The Morgan fingerprint density at radius 3 is 2.58 bits per heavy atom. The van der Waals surface area contributed by atoms with Crippen LogP contribution < -0.4 is 5.32 Å². The fraction of sp³-hybridized carbons (Fsp3) is 0.571. The monoisotopic (exact) mass is 283 g/mol. The number of unbranched alkanes of at least 4 members (excludes halogenated alkanes) is 1. The molecular formula is C14H21NO3S. The molecule has 4 nitrogen and oxygen atoms in total. The van der Waals surface area contributed by atoms with Gasteiger partial charge in [0.05, 0.1) is 0 Å². The fourth-order valence-electron chi connectivity index (χ4n) is 1.86. The van der Waals surface area contributed by atoms with Crippen molar-refractivity contribution in [3.05, 3.63) is 21.9 Å². The molecule has 0 aromatic carbocycles. The quantitative estimate of drug-likeness (QED) is 0.721. The maximum atomic E-state index is 11.6. The highest BCUT2D eigenvalue weighted by Gasteiger charge is 2.09. The van der Waals surface area contributed by atoms with Gasteiger partial charge in [0.1, 0.15) is 0 Å². The Morgan fingerprint density at radius 1 is 1.32 bits per heavy atom.